The molecule has 1 aromatic heterocycles. The zero-order valence-corrected chi connectivity index (χ0v) is 34.9. The van der Waals surface area contributed by atoms with Gasteiger partial charge in [0.15, 0.2) is 0 Å². The number of nitrogens with one attached hydrogen (secondary N) is 5. The molecule has 2 aliphatic rings. The lowest BCUT2D eigenvalue weighted by molar-refractivity contribution is -0.149. The summed E-state index contributed by atoms with van der Waals surface area (Å²) < 4.78 is 0. The highest BCUT2D eigenvalue weighted by atomic mass is 32.2. The molecule has 1 aromatic rings. The van der Waals surface area contributed by atoms with Gasteiger partial charge in [0.2, 0.25) is 47.3 Å². The van der Waals surface area contributed by atoms with Crippen molar-refractivity contribution in [3.63, 3.8) is 0 Å². The Hall–Kier alpha value is -4.90. The SMILES string of the molecule is CSCC[C@H](NC(=O)[C@@H](N)Cc1cnc[nH]1)C(=O)N[C@@H](CCC(N)=O)C(=O)N1CCC[C@H]1C(=O)N[C@@H](CCC(N)=O)C(=O)N[C@@H](CCSC)C(=O)N1CCC[C@H]1C(=O)O. The van der Waals surface area contributed by atoms with E-state index in [9.17, 15) is 48.3 Å². The molecule has 0 bridgehead atoms. The molecule has 23 heteroatoms. The summed E-state index contributed by atoms with van der Waals surface area (Å²) in [6, 6.07) is -8.16. The Labute approximate surface area is 350 Å². The number of aromatic nitrogens is 2. The predicted molar refractivity (Wildman–Crippen MR) is 218 cm³/mol. The fraction of sp³-hybridized carbons (Fsp3) is 0.667. The lowest BCUT2D eigenvalue weighted by Crippen LogP contribution is -2.59. The Morgan fingerprint density at radius 3 is 1.73 bits per heavy atom. The Morgan fingerprint density at radius 1 is 0.746 bits per heavy atom. The van der Waals surface area contributed by atoms with Crippen LogP contribution in [0.15, 0.2) is 12.5 Å². The summed E-state index contributed by atoms with van der Waals surface area (Å²) in [5, 5.41) is 20.2. The average Bonchev–Trinajstić information content (AvgIpc) is 4.00. The van der Waals surface area contributed by atoms with Gasteiger partial charge in [0, 0.05) is 44.2 Å². The molecule has 2 saturated heterocycles. The van der Waals surface area contributed by atoms with Crippen molar-refractivity contribution in [3.05, 3.63) is 18.2 Å². The van der Waals surface area contributed by atoms with E-state index in [2.05, 4.69) is 31.2 Å². The van der Waals surface area contributed by atoms with Gasteiger partial charge in [-0.2, -0.15) is 23.5 Å². The largest absolute Gasteiger partial charge is 0.480 e. The summed E-state index contributed by atoms with van der Waals surface area (Å²) >= 11 is 2.83. The number of thioether (sulfide) groups is 2. The third kappa shape index (κ3) is 15.0. The van der Waals surface area contributed by atoms with Gasteiger partial charge in [-0.3, -0.25) is 38.4 Å². The maximum Gasteiger partial charge on any atom is 0.326 e. The molecule has 2 aliphatic heterocycles. The molecule has 59 heavy (non-hydrogen) atoms. The minimum Gasteiger partial charge on any atom is -0.480 e. The number of carbonyl (C=O) groups is 9. The standard InChI is InChI=1S/C36H57N11O10S2/c1-58-15-11-23(42-30(50)21(37)17-20-18-40-19-41-20)32(52)44-24(8-10-29(39)49)34(54)46-13-3-5-26(46)33(53)43-22(7-9-28(38)48)31(51)45-25(12-16-59-2)35(55)47-14-4-6-27(47)36(56)57/h18-19,21-27H,3-17,37H2,1-2H3,(H2,38,48)(H2,39,49)(H,40,41)(H,42,50)(H,43,53)(H,44,52)(H,45,51)(H,56,57)/t21-,22-,23-,24-,25-,26-,27-/m0/s1. The van der Waals surface area contributed by atoms with Crippen molar-refractivity contribution >= 4 is 76.8 Å². The predicted octanol–water partition coefficient (Wildman–Crippen LogP) is -2.68. The first-order valence-corrected chi connectivity index (χ1v) is 22.2. The van der Waals surface area contributed by atoms with Crippen LogP contribution in [0.4, 0.5) is 0 Å². The maximum atomic E-state index is 14.1. The van der Waals surface area contributed by atoms with E-state index in [1.54, 1.807) is 6.26 Å². The van der Waals surface area contributed by atoms with Gasteiger partial charge in [-0.05, 0) is 75.4 Å². The lowest BCUT2D eigenvalue weighted by Gasteiger charge is -2.31. The fourth-order valence-corrected chi connectivity index (χ4v) is 7.85. The van der Waals surface area contributed by atoms with Gasteiger partial charge >= 0.3 is 5.97 Å². The van der Waals surface area contributed by atoms with Crippen LogP contribution in [-0.2, 0) is 49.6 Å². The van der Waals surface area contributed by atoms with Crippen LogP contribution in [0.5, 0.6) is 0 Å². The Bertz CT molecular complexity index is 1650. The molecule has 0 unspecified atom stereocenters. The summed E-state index contributed by atoms with van der Waals surface area (Å²) in [6.07, 6.45) is 7.23. The number of H-pyrrole nitrogens is 1. The molecule has 0 aliphatic carbocycles. The van der Waals surface area contributed by atoms with Gasteiger partial charge in [-0.15, -0.1) is 0 Å². The van der Waals surface area contributed by atoms with Gasteiger partial charge < -0.3 is 58.4 Å². The zero-order valence-electron chi connectivity index (χ0n) is 33.3. The highest BCUT2D eigenvalue weighted by Gasteiger charge is 2.41. The number of aromatic amines is 1. The number of carboxylic acids is 1. The third-order valence-corrected chi connectivity index (χ3v) is 11.4. The second-order valence-electron chi connectivity index (χ2n) is 14.4. The number of carboxylic acid groups (broad SMARTS) is 1. The van der Waals surface area contributed by atoms with Crippen LogP contribution in [-0.4, -0.2) is 158 Å². The Kier molecular flexibility index (Phi) is 19.9. The van der Waals surface area contributed by atoms with Crippen molar-refractivity contribution < 1.29 is 48.3 Å². The number of nitrogens with two attached hydrogens (primary N) is 3. The first-order valence-electron chi connectivity index (χ1n) is 19.4. The molecule has 0 saturated carbocycles. The molecule has 8 amide bonds. The quantitative estimate of drug-likeness (QED) is 0.0484. The average molecular weight is 868 g/mol. The highest BCUT2D eigenvalue weighted by Crippen LogP contribution is 2.22. The van der Waals surface area contributed by atoms with Crippen molar-refractivity contribution in [2.45, 2.75) is 113 Å². The number of primary amides is 2. The van der Waals surface area contributed by atoms with E-state index in [1.807, 2.05) is 6.26 Å². The lowest BCUT2D eigenvalue weighted by atomic mass is 10.1. The van der Waals surface area contributed by atoms with Crippen LogP contribution in [0, 0.1) is 0 Å². The monoisotopic (exact) mass is 867 g/mol. The maximum absolute atomic E-state index is 14.1. The highest BCUT2D eigenvalue weighted by molar-refractivity contribution is 7.98. The number of aliphatic carboxylic acids is 1. The fourth-order valence-electron chi connectivity index (χ4n) is 6.90. The first-order chi connectivity index (χ1) is 28.1. The molecule has 3 rings (SSSR count). The number of hydrogen-bond acceptors (Lipinski definition) is 13. The van der Waals surface area contributed by atoms with Crippen LogP contribution in [0.1, 0.15) is 69.9 Å². The van der Waals surface area contributed by atoms with E-state index in [0.717, 1.165) is 0 Å². The summed E-state index contributed by atoms with van der Waals surface area (Å²) in [7, 11) is 0. The van der Waals surface area contributed by atoms with Crippen molar-refractivity contribution in [1.29, 1.82) is 0 Å². The molecule has 0 radical (unpaired) electrons. The van der Waals surface area contributed by atoms with E-state index in [4.69, 9.17) is 17.2 Å². The van der Waals surface area contributed by atoms with E-state index in [-0.39, 0.29) is 70.9 Å². The normalized spacial score (nSPS) is 18.8. The summed E-state index contributed by atoms with van der Waals surface area (Å²) in [5.74, 6) is -5.95. The van der Waals surface area contributed by atoms with Gasteiger partial charge in [-0.25, -0.2) is 9.78 Å². The van der Waals surface area contributed by atoms with Crippen LogP contribution in [0.3, 0.4) is 0 Å². The summed E-state index contributed by atoms with van der Waals surface area (Å²) in [4.78, 5) is 127. The molecular formula is C36H57N11O10S2. The number of carbonyl (C=O) groups excluding carboxylic acids is 8. The van der Waals surface area contributed by atoms with Crippen molar-refractivity contribution in [2.75, 3.05) is 37.1 Å². The summed E-state index contributed by atoms with van der Waals surface area (Å²) in [5.41, 5.74) is 17.5. The molecule has 2 fully saturated rings. The second-order valence-corrected chi connectivity index (χ2v) is 16.4. The van der Waals surface area contributed by atoms with E-state index < -0.39 is 95.5 Å². The molecule has 12 N–H and O–H groups in total. The smallest absolute Gasteiger partial charge is 0.326 e. The van der Waals surface area contributed by atoms with Crippen LogP contribution in [0.2, 0.25) is 0 Å². The van der Waals surface area contributed by atoms with Gasteiger partial charge in [0.1, 0.15) is 36.3 Å². The number of likely N-dealkylation sites (tertiary alicyclic amines) is 2. The topological polar surface area (TPSA) is 335 Å². The minimum atomic E-state index is -1.38. The summed E-state index contributed by atoms with van der Waals surface area (Å²) in [6.45, 7) is 0.280. The van der Waals surface area contributed by atoms with Gasteiger partial charge in [-0.1, -0.05) is 0 Å². The van der Waals surface area contributed by atoms with Crippen LogP contribution >= 0.6 is 23.5 Å². The molecule has 7 atom stereocenters. The van der Waals surface area contributed by atoms with Gasteiger partial charge in [0.05, 0.1) is 12.4 Å². The molecule has 0 aromatic carbocycles. The number of imidazole rings is 1. The van der Waals surface area contributed by atoms with Gasteiger partial charge in [0.25, 0.3) is 0 Å². The number of hydrogen-bond donors (Lipinski definition) is 9. The third-order valence-electron chi connectivity index (χ3n) is 10.1. The van der Waals surface area contributed by atoms with E-state index in [0.29, 0.717) is 30.0 Å². The zero-order chi connectivity index (χ0) is 43.6. The molecular weight excluding hydrogens is 811 g/mol. The second kappa shape index (κ2) is 24.2. The van der Waals surface area contributed by atoms with Crippen molar-refractivity contribution in [2.24, 2.45) is 17.2 Å². The number of rotatable bonds is 25. The van der Waals surface area contributed by atoms with Crippen molar-refractivity contribution in [1.82, 2.24) is 41.0 Å². The molecule has 328 valence electrons. The molecule has 21 nitrogen and oxygen atoms in total. The first kappa shape index (κ1) is 48.5. The Balaban J connectivity index is 1.79. The minimum absolute atomic E-state index is 0.0823. The number of amides is 8. The van der Waals surface area contributed by atoms with Crippen molar-refractivity contribution in [3.8, 4) is 0 Å². The van der Waals surface area contributed by atoms with Crippen LogP contribution in [0.25, 0.3) is 0 Å². The van der Waals surface area contributed by atoms with E-state index in [1.165, 1.54) is 45.8 Å². The molecule has 0 spiro atoms. The van der Waals surface area contributed by atoms with E-state index >= 15 is 0 Å². The van der Waals surface area contributed by atoms with Crippen LogP contribution < -0.4 is 38.5 Å². The Morgan fingerprint density at radius 2 is 1.22 bits per heavy atom. The molecule has 3 heterocycles. The number of nitrogens with zero attached hydrogens (tertiary/aromatic N) is 3.